The lowest BCUT2D eigenvalue weighted by molar-refractivity contribution is -0.128. The van der Waals surface area contributed by atoms with Crippen LogP contribution in [0.25, 0.3) is 0 Å². The highest BCUT2D eigenvalue weighted by atomic mass is 35.5. The fourth-order valence-electron chi connectivity index (χ4n) is 1.68. The molecule has 22 heavy (non-hydrogen) atoms. The number of anilines is 1. The summed E-state index contributed by atoms with van der Waals surface area (Å²) in [5, 5.41) is 3.02. The number of carbonyl (C=O) groups is 2. The molecule has 0 spiro atoms. The minimum absolute atomic E-state index is 0. The molecule has 8 heteroatoms. The SMILES string of the molecule is COc1cc(N)c(Cl)cc1C(=O)NCCCC(=O)N(C)C.Cl. The third kappa shape index (κ3) is 5.61. The summed E-state index contributed by atoms with van der Waals surface area (Å²) in [5.41, 5.74) is 6.33. The Kier molecular flexibility index (Phi) is 8.67. The van der Waals surface area contributed by atoms with E-state index in [1.165, 1.54) is 24.1 Å². The smallest absolute Gasteiger partial charge is 0.255 e. The number of nitrogens with one attached hydrogen (secondary N) is 1. The number of rotatable bonds is 6. The van der Waals surface area contributed by atoms with E-state index in [0.717, 1.165) is 0 Å². The standard InChI is InChI=1S/C14H20ClN3O3.ClH/c1-18(2)13(19)5-4-6-17-14(20)9-7-10(15)11(16)8-12(9)21-3;/h7-8H,4-6,16H2,1-3H3,(H,17,20);1H. The van der Waals surface area contributed by atoms with E-state index < -0.39 is 0 Å². The molecule has 0 saturated heterocycles. The molecule has 0 aliphatic rings. The summed E-state index contributed by atoms with van der Waals surface area (Å²) in [6.45, 7) is 0.392. The molecule has 0 aliphatic heterocycles. The van der Waals surface area contributed by atoms with Gasteiger partial charge in [-0.15, -0.1) is 12.4 Å². The largest absolute Gasteiger partial charge is 0.496 e. The summed E-state index contributed by atoms with van der Waals surface area (Å²) in [6, 6.07) is 2.98. The second kappa shape index (κ2) is 9.38. The quantitative estimate of drug-likeness (QED) is 0.607. The average Bonchev–Trinajstić information content (AvgIpc) is 2.45. The maximum atomic E-state index is 12.1. The molecule has 0 saturated carbocycles. The van der Waals surface area contributed by atoms with Crippen LogP contribution in [0.15, 0.2) is 12.1 Å². The topological polar surface area (TPSA) is 84.7 Å². The second-order valence-corrected chi connectivity index (χ2v) is 5.13. The molecule has 0 heterocycles. The van der Waals surface area contributed by atoms with Crippen LogP contribution in [0.2, 0.25) is 5.02 Å². The maximum Gasteiger partial charge on any atom is 0.255 e. The predicted molar refractivity (Wildman–Crippen MR) is 89.9 cm³/mol. The van der Waals surface area contributed by atoms with Crippen molar-refractivity contribution in [1.29, 1.82) is 0 Å². The Balaban J connectivity index is 0.00000441. The van der Waals surface area contributed by atoms with Crippen LogP contribution in [-0.4, -0.2) is 44.5 Å². The van der Waals surface area contributed by atoms with E-state index in [4.69, 9.17) is 22.1 Å². The lowest BCUT2D eigenvalue weighted by atomic mass is 10.1. The number of carbonyl (C=O) groups excluding carboxylic acids is 2. The van der Waals surface area contributed by atoms with Gasteiger partial charge in [-0.3, -0.25) is 9.59 Å². The van der Waals surface area contributed by atoms with Crippen molar-refractivity contribution in [3.8, 4) is 5.75 Å². The molecule has 1 aromatic rings. The van der Waals surface area contributed by atoms with Crippen LogP contribution in [0.5, 0.6) is 5.75 Å². The van der Waals surface area contributed by atoms with E-state index in [1.54, 1.807) is 14.1 Å². The molecule has 1 aromatic carbocycles. The highest BCUT2D eigenvalue weighted by molar-refractivity contribution is 6.33. The number of methoxy groups -OCH3 is 1. The van der Waals surface area contributed by atoms with Crippen molar-refractivity contribution in [1.82, 2.24) is 10.2 Å². The lowest BCUT2D eigenvalue weighted by Gasteiger charge is -2.12. The van der Waals surface area contributed by atoms with Crippen molar-refractivity contribution in [3.63, 3.8) is 0 Å². The minimum Gasteiger partial charge on any atom is -0.496 e. The van der Waals surface area contributed by atoms with E-state index in [0.29, 0.717) is 41.4 Å². The van der Waals surface area contributed by atoms with Gasteiger partial charge in [-0.2, -0.15) is 0 Å². The molecule has 0 bridgehead atoms. The van der Waals surface area contributed by atoms with Gasteiger partial charge in [0, 0.05) is 33.1 Å². The third-order valence-corrected chi connectivity index (χ3v) is 3.24. The van der Waals surface area contributed by atoms with Crippen molar-refractivity contribution < 1.29 is 14.3 Å². The molecule has 0 aromatic heterocycles. The zero-order valence-corrected chi connectivity index (χ0v) is 14.4. The van der Waals surface area contributed by atoms with Crippen molar-refractivity contribution >= 4 is 41.5 Å². The Morgan fingerprint density at radius 2 is 2.00 bits per heavy atom. The number of ether oxygens (including phenoxy) is 1. The average molecular weight is 350 g/mol. The summed E-state index contributed by atoms with van der Waals surface area (Å²) in [6.07, 6.45) is 0.945. The summed E-state index contributed by atoms with van der Waals surface area (Å²) < 4.78 is 5.12. The van der Waals surface area contributed by atoms with Gasteiger partial charge in [-0.1, -0.05) is 11.6 Å². The number of benzene rings is 1. The number of hydrogen-bond donors (Lipinski definition) is 2. The molecule has 124 valence electrons. The van der Waals surface area contributed by atoms with Crippen molar-refractivity contribution in [3.05, 3.63) is 22.7 Å². The number of amides is 2. The molecule has 0 radical (unpaired) electrons. The van der Waals surface area contributed by atoms with Crippen LogP contribution in [0, 0.1) is 0 Å². The summed E-state index contributed by atoms with van der Waals surface area (Å²) in [5.74, 6) is 0.0715. The van der Waals surface area contributed by atoms with Gasteiger partial charge in [0.1, 0.15) is 5.75 Å². The number of hydrogen-bond acceptors (Lipinski definition) is 4. The fraction of sp³-hybridized carbons (Fsp3) is 0.429. The van der Waals surface area contributed by atoms with Crippen LogP contribution in [0.4, 0.5) is 5.69 Å². The minimum atomic E-state index is -0.314. The fourth-order valence-corrected chi connectivity index (χ4v) is 1.84. The Labute approximate surface area is 141 Å². The van der Waals surface area contributed by atoms with Crippen molar-refractivity contribution in [2.45, 2.75) is 12.8 Å². The first-order valence-electron chi connectivity index (χ1n) is 6.48. The van der Waals surface area contributed by atoms with Gasteiger partial charge in [0.15, 0.2) is 0 Å². The Hall–Kier alpha value is -1.66. The van der Waals surface area contributed by atoms with Crippen LogP contribution in [-0.2, 0) is 4.79 Å². The lowest BCUT2D eigenvalue weighted by Crippen LogP contribution is -2.27. The van der Waals surface area contributed by atoms with E-state index in [2.05, 4.69) is 5.32 Å². The second-order valence-electron chi connectivity index (χ2n) is 4.72. The zero-order chi connectivity index (χ0) is 16.0. The number of nitrogens with two attached hydrogens (primary N) is 1. The highest BCUT2D eigenvalue weighted by Crippen LogP contribution is 2.28. The van der Waals surface area contributed by atoms with E-state index in [9.17, 15) is 9.59 Å². The first kappa shape index (κ1) is 20.3. The van der Waals surface area contributed by atoms with Gasteiger partial charge in [0.25, 0.3) is 5.91 Å². The molecular formula is C14H21Cl2N3O3. The first-order valence-corrected chi connectivity index (χ1v) is 6.86. The highest BCUT2D eigenvalue weighted by Gasteiger charge is 2.14. The molecular weight excluding hydrogens is 329 g/mol. The molecule has 0 fully saturated rings. The normalized spacial score (nSPS) is 9.64. The van der Waals surface area contributed by atoms with E-state index >= 15 is 0 Å². The monoisotopic (exact) mass is 349 g/mol. The maximum absolute atomic E-state index is 12.1. The molecule has 2 amide bonds. The van der Waals surface area contributed by atoms with Gasteiger partial charge in [0.05, 0.1) is 23.4 Å². The molecule has 1 rings (SSSR count). The molecule has 6 nitrogen and oxygen atoms in total. The van der Waals surface area contributed by atoms with Crippen LogP contribution < -0.4 is 15.8 Å². The van der Waals surface area contributed by atoms with Gasteiger partial charge >= 0.3 is 0 Å². The van der Waals surface area contributed by atoms with Crippen LogP contribution >= 0.6 is 24.0 Å². The van der Waals surface area contributed by atoms with E-state index in [1.807, 2.05) is 0 Å². The van der Waals surface area contributed by atoms with Crippen LogP contribution in [0.3, 0.4) is 0 Å². The number of nitrogen functional groups attached to an aromatic ring is 1. The predicted octanol–water partition coefficient (Wildman–Crippen LogP) is 1.95. The Morgan fingerprint density at radius 1 is 1.36 bits per heavy atom. The molecule has 0 aliphatic carbocycles. The third-order valence-electron chi connectivity index (χ3n) is 2.92. The zero-order valence-electron chi connectivity index (χ0n) is 12.8. The first-order chi connectivity index (χ1) is 9.86. The van der Waals surface area contributed by atoms with Gasteiger partial charge in [-0.25, -0.2) is 0 Å². The van der Waals surface area contributed by atoms with Crippen LogP contribution in [0.1, 0.15) is 23.2 Å². The number of nitrogens with zero attached hydrogens (tertiary/aromatic N) is 1. The van der Waals surface area contributed by atoms with E-state index in [-0.39, 0.29) is 24.2 Å². The van der Waals surface area contributed by atoms with Gasteiger partial charge in [-0.05, 0) is 12.5 Å². The molecule has 0 atom stereocenters. The number of halogens is 2. The summed E-state index contributed by atoms with van der Waals surface area (Å²) in [4.78, 5) is 25.0. The van der Waals surface area contributed by atoms with Gasteiger partial charge in [0.2, 0.25) is 5.91 Å². The Bertz CT molecular complexity index is 536. The van der Waals surface area contributed by atoms with Crippen molar-refractivity contribution in [2.24, 2.45) is 0 Å². The van der Waals surface area contributed by atoms with Gasteiger partial charge < -0.3 is 20.7 Å². The Morgan fingerprint density at radius 3 is 2.55 bits per heavy atom. The summed E-state index contributed by atoms with van der Waals surface area (Å²) in [7, 11) is 4.85. The molecule has 3 N–H and O–H groups in total. The van der Waals surface area contributed by atoms with Crippen molar-refractivity contribution in [2.75, 3.05) is 33.5 Å². The summed E-state index contributed by atoms with van der Waals surface area (Å²) >= 11 is 5.91. The molecule has 0 unspecified atom stereocenters.